The molecule has 0 saturated carbocycles. The lowest BCUT2D eigenvalue weighted by Gasteiger charge is -2.19. The molecule has 0 aliphatic rings. The molecule has 3 aromatic rings. The number of ether oxygens (including phenoxy) is 1. The van der Waals surface area contributed by atoms with Crippen molar-refractivity contribution in [2.24, 2.45) is 7.05 Å². The minimum absolute atomic E-state index is 0.0460. The van der Waals surface area contributed by atoms with Gasteiger partial charge in [0.25, 0.3) is 5.91 Å². The highest BCUT2D eigenvalue weighted by Gasteiger charge is 2.20. The maximum Gasteiger partial charge on any atom is 0.276 e. The minimum atomic E-state index is -0.339. The number of hydrogen-bond donors (Lipinski definition) is 0. The molecule has 0 atom stereocenters. The summed E-state index contributed by atoms with van der Waals surface area (Å²) >= 11 is 0. The SMILES string of the molecule is CCN(Cc1nccn1C)C(=O)c1coc(COc2ccc(F)cc2)n1. The molecule has 0 aliphatic carbocycles. The average molecular weight is 358 g/mol. The molecule has 0 unspecified atom stereocenters. The Labute approximate surface area is 150 Å². The molecular formula is C18H19FN4O3. The Morgan fingerprint density at radius 3 is 2.77 bits per heavy atom. The quantitative estimate of drug-likeness (QED) is 0.649. The van der Waals surface area contributed by atoms with E-state index in [4.69, 9.17) is 9.15 Å². The van der Waals surface area contributed by atoms with Gasteiger partial charge >= 0.3 is 0 Å². The van der Waals surface area contributed by atoms with Gasteiger partial charge in [-0.3, -0.25) is 4.79 Å². The van der Waals surface area contributed by atoms with Gasteiger partial charge in [0.05, 0.1) is 6.54 Å². The Hall–Kier alpha value is -3.16. The number of imidazole rings is 1. The number of aryl methyl sites for hydroxylation is 1. The topological polar surface area (TPSA) is 73.4 Å². The van der Waals surface area contributed by atoms with Crippen LogP contribution in [-0.2, 0) is 20.2 Å². The molecule has 8 heteroatoms. The Bertz CT molecular complexity index is 873. The third-order valence-corrected chi connectivity index (χ3v) is 3.87. The van der Waals surface area contributed by atoms with Gasteiger partial charge in [-0.1, -0.05) is 0 Å². The van der Waals surface area contributed by atoms with Gasteiger partial charge in [-0.15, -0.1) is 0 Å². The molecule has 7 nitrogen and oxygen atoms in total. The zero-order valence-electron chi connectivity index (χ0n) is 14.6. The largest absolute Gasteiger partial charge is 0.484 e. The lowest BCUT2D eigenvalue weighted by molar-refractivity contribution is 0.0741. The van der Waals surface area contributed by atoms with Gasteiger partial charge in [0.15, 0.2) is 12.3 Å². The molecule has 2 heterocycles. The summed E-state index contributed by atoms with van der Waals surface area (Å²) in [7, 11) is 1.88. The van der Waals surface area contributed by atoms with Crippen molar-refractivity contribution in [1.82, 2.24) is 19.4 Å². The fraction of sp³-hybridized carbons (Fsp3) is 0.278. The van der Waals surface area contributed by atoms with Crippen molar-refractivity contribution in [3.8, 4) is 5.75 Å². The van der Waals surface area contributed by atoms with E-state index < -0.39 is 0 Å². The Balaban J connectivity index is 1.62. The Kier molecular flexibility index (Phi) is 5.31. The van der Waals surface area contributed by atoms with Gasteiger partial charge in [-0.2, -0.15) is 0 Å². The maximum absolute atomic E-state index is 12.9. The van der Waals surface area contributed by atoms with Crippen LogP contribution in [0.2, 0.25) is 0 Å². The van der Waals surface area contributed by atoms with Crippen LogP contribution < -0.4 is 4.74 Å². The number of oxazole rings is 1. The summed E-state index contributed by atoms with van der Waals surface area (Å²) in [6.07, 6.45) is 4.83. The summed E-state index contributed by atoms with van der Waals surface area (Å²) in [5.74, 6) is 0.956. The summed E-state index contributed by atoms with van der Waals surface area (Å²) in [5, 5.41) is 0. The fourth-order valence-corrected chi connectivity index (χ4v) is 2.36. The van der Waals surface area contributed by atoms with E-state index in [0.29, 0.717) is 18.8 Å². The van der Waals surface area contributed by atoms with Crippen LogP contribution in [0.5, 0.6) is 5.75 Å². The van der Waals surface area contributed by atoms with Crippen LogP contribution in [0.4, 0.5) is 4.39 Å². The predicted octanol–water partition coefficient (Wildman–Crippen LogP) is 2.79. The molecule has 0 saturated heterocycles. The molecule has 0 N–H and O–H groups in total. The van der Waals surface area contributed by atoms with Crippen molar-refractivity contribution in [2.45, 2.75) is 20.1 Å². The zero-order chi connectivity index (χ0) is 18.5. The molecule has 136 valence electrons. The van der Waals surface area contributed by atoms with Crippen LogP contribution in [-0.4, -0.2) is 31.9 Å². The van der Waals surface area contributed by atoms with E-state index in [0.717, 1.165) is 5.82 Å². The molecule has 0 aliphatic heterocycles. The highest BCUT2D eigenvalue weighted by atomic mass is 19.1. The number of carbonyl (C=O) groups excluding carboxylic acids is 1. The first-order valence-electron chi connectivity index (χ1n) is 8.15. The average Bonchev–Trinajstić information content (AvgIpc) is 3.28. The first kappa shape index (κ1) is 17.7. The second-order valence-corrected chi connectivity index (χ2v) is 5.64. The van der Waals surface area contributed by atoms with E-state index in [1.807, 2.05) is 24.7 Å². The molecular weight excluding hydrogens is 339 g/mol. The van der Waals surface area contributed by atoms with Crippen molar-refractivity contribution in [3.63, 3.8) is 0 Å². The number of aromatic nitrogens is 3. The van der Waals surface area contributed by atoms with E-state index in [9.17, 15) is 9.18 Å². The van der Waals surface area contributed by atoms with Crippen LogP contribution >= 0.6 is 0 Å². The molecule has 2 aromatic heterocycles. The number of carbonyl (C=O) groups is 1. The third-order valence-electron chi connectivity index (χ3n) is 3.87. The first-order valence-corrected chi connectivity index (χ1v) is 8.15. The highest BCUT2D eigenvalue weighted by Crippen LogP contribution is 2.14. The summed E-state index contributed by atoms with van der Waals surface area (Å²) < 4.78 is 25.5. The number of benzene rings is 1. The third kappa shape index (κ3) is 4.08. The monoisotopic (exact) mass is 358 g/mol. The van der Waals surface area contributed by atoms with Gasteiger partial charge in [0.2, 0.25) is 5.89 Å². The number of nitrogens with zero attached hydrogens (tertiary/aromatic N) is 4. The van der Waals surface area contributed by atoms with Crippen molar-refractivity contribution in [2.75, 3.05) is 6.54 Å². The second kappa shape index (κ2) is 7.81. The highest BCUT2D eigenvalue weighted by molar-refractivity contribution is 5.91. The fourth-order valence-electron chi connectivity index (χ4n) is 2.36. The second-order valence-electron chi connectivity index (χ2n) is 5.64. The van der Waals surface area contributed by atoms with Crippen LogP contribution in [0.25, 0.3) is 0 Å². The van der Waals surface area contributed by atoms with Gasteiger partial charge in [0, 0.05) is 26.0 Å². The van der Waals surface area contributed by atoms with Crippen molar-refractivity contribution < 1.29 is 18.3 Å². The lowest BCUT2D eigenvalue weighted by atomic mass is 10.3. The molecule has 0 spiro atoms. The maximum atomic E-state index is 12.9. The van der Waals surface area contributed by atoms with E-state index in [1.54, 1.807) is 11.1 Å². The van der Waals surface area contributed by atoms with Gasteiger partial charge in [-0.05, 0) is 31.2 Å². The van der Waals surface area contributed by atoms with Crippen LogP contribution in [0, 0.1) is 5.82 Å². The van der Waals surface area contributed by atoms with Crippen LogP contribution in [0.1, 0.15) is 29.1 Å². The number of rotatable bonds is 7. The van der Waals surface area contributed by atoms with Crippen LogP contribution in [0.3, 0.4) is 0 Å². The normalized spacial score (nSPS) is 10.7. The zero-order valence-corrected chi connectivity index (χ0v) is 14.6. The van der Waals surface area contributed by atoms with Gasteiger partial charge in [0.1, 0.15) is 23.7 Å². The first-order chi connectivity index (χ1) is 12.6. The number of amides is 1. The van der Waals surface area contributed by atoms with Gasteiger partial charge in [-0.25, -0.2) is 14.4 Å². The molecule has 26 heavy (non-hydrogen) atoms. The number of halogens is 1. The van der Waals surface area contributed by atoms with Gasteiger partial charge < -0.3 is 18.6 Å². The van der Waals surface area contributed by atoms with Crippen molar-refractivity contribution in [1.29, 1.82) is 0 Å². The molecule has 0 bridgehead atoms. The number of hydrogen-bond acceptors (Lipinski definition) is 5. The van der Waals surface area contributed by atoms with E-state index in [2.05, 4.69) is 9.97 Å². The molecule has 0 radical (unpaired) electrons. The summed E-state index contributed by atoms with van der Waals surface area (Å²) in [6, 6.07) is 5.62. The molecule has 1 aromatic carbocycles. The molecule has 3 rings (SSSR count). The molecule has 1 amide bonds. The standard InChI is InChI=1S/C18H19FN4O3/c1-3-23(10-16-20-8-9-22(16)2)18(24)15-11-26-17(21-15)12-25-14-6-4-13(19)5-7-14/h4-9,11H,3,10,12H2,1-2H3. The smallest absolute Gasteiger partial charge is 0.276 e. The Morgan fingerprint density at radius 2 is 2.12 bits per heavy atom. The predicted molar refractivity (Wildman–Crippen MR) is 90.9 cm³/mol. The van der Waals surface area contributed by atoms with Crippen molar-refractivity contribution in [3.05, 3.63) is 66.1 Å². The summed E-state index contributed by atoms with van der Waals surface area (Å²) in [5.41, 5.74) is 0.207. The van der Waals surface area contributed by atoms with Crippen molar-refractivity contribution >= 4 is 5.91 Å². The summed E-state index contributed by atoms with van der Waals surface area (Å²) in [6.45, 7) is 2.83. The van der Waals surface area contributed by atoms with E-state index in [-0.39, 0.29) is 29.9 Å². The van der Waals surface area contributed by atoms with Crippen LogP contribution in [0.15, 0.2) is 47.3 Å². The lowest BCUT2D eigenvalue weighted by Crippen LogP contribution is -2.31. The van der Waals surface area contributed by atoms with E-state index in [1.165, 1.54) is 30.5 Å². The summed E-state index contributed by atoms with van der Waals surface area (Å²) in [4.78, 5) is 22.7. The minimum Gasteiger partial charge on any atom is -0.484 e. The Morgan fingerprint density at radius 1 is 1.35 bits per heavy atom. The molecule has 0 fully saturated rings. The van der Waals surface area contributed by atoms with E-state index >= 15 is 0 Å².